The van der Waals surface area contributed by atoms with Crippen molar-refractivity contribution in [2.24, 2.45) is 0 Å². The van der Waals surface area contributed by atoms with Crippen LogP contribution in [0.2, 0.25) is 0 Å². The van der Waals surface area contributed by atoms with E-state index in [1.807, 2.05) is 32.0 Å². The molecule has 0 saturated carbocycles. The fraction of sp³-hybridized carbons (Fsp3) is 0.167. The molecule has 0 atom stereocenters. The van der Waals surface area contributed by atoms with Gasteiger partial charge < -0.3 is 15.4 Å². The average molecular weight is 231 g/mol. The molecular formula is C12H13N3O2. The summed E-state index contributed by atoms with van der Waals surface area (Å²) in [5.74, 6) is -0.313. The predicted octanol–water partition coefficient (Wildman–Crippen LogP) is 1.84. The first-order chi connectivity index (χ1) is 8.08. The smallest absolute Gasteiger partial charge is 0.278 e. The number of aromatic nitrogens is 2. The van der Waals surface area contributed by atoms with Gasteiger partial charge in [0.1, 0.15) is 0 Å². The van der Waals surface area contributed by atoms with Crippen LogP contribution in [0.5, 0.6) is 5.88 Å². The highest BCUT2D eigenvalue weighted by Crippen LogP contribution is 2.21. The molecule has 0 unspecified atom stereocenters. The average Bonchev–Trinajstić information content (AvgIpc) is 2.28. The number of H-pyrrole nitrogens is 1. The van der Waals surface area contributed by atoms with Crippen molar-refractivity contribution in [1.82, 2.24) is 9.97 Å². The standard InChI is InChI=1S/C12H13N3O2/c1-7-3-4-9(5-8(7)2)15-10-11(16)13-6-14-12(10)17/h3-6,15H,1-2H3,(H2,13,14,16,17). The van der Waals surface area contributed by atoms with Crippen LogP contribution in [0.4, 0.5) is 11.4 Å². The third-order valence-electron chi connectivity index (χ3n) is 2.61. The van der Waals surface area contributed by atoms with Crippen LogP contribution in [0.25, 0.3) is 0 Å². The molecule has 3 N–H and O–H groups in total. The number of aryl methyl sites for hydroxylation is 2. The molecule has 0 aliphatic carbocycles. The lowest BCUT2D eigenvalue weighted by atomic mass is 10.1. The molecule has 0 aliphatic rings. The molecular weight excluding hydrogens is 218 g/mol. The number of benzene rings is 1. The maximum absolute atomic E-state index is 11.5. The van der Waals surface area contributed by atoms with Crippen LogP contribution in [0, 0.1) is 13.8 Å². The number of hydrogen-bond acceptors (Lipinski definition) is 4. The van der Waals surface area contributed by atoms with Crippen LogP contribution >= 0.6 is 0 Å². The highest BCUT2D eigenvalue weighted by molar-refractivity contribution is 5.63. The molecule has 0 fully saturated rings. The van der Waals surface area contributed by atoms with Gasteiger partial charge in [-0.15, -0.1) is 0 Å². The van der Waals surface area contributed by atoms with Gasteiger partial charge in [-0.3, -0.25) is 4.79 Å². The number of aromatic hydroxyl groups is 1. The quantitative estimate of drug-likeness (QED) is 0.736. The Kier molecular flexibility index (Phi) is 2.82. The molecule has 88 valence electrons. The summed E-state index contributed by atoms with van der Waals surface area (Å²) in [4.78, 5) is 17.5. The van der Waals surface area contributed by atoms with E-state index >= 15 is 0 Å². The second-order valence-electron chi connectivity index (χ2n) is 3.85. The zero-order chi connectivity index (χ0) is 12.4. The molecule has 0 spiro atoms. The van der Waals surface area contributed by atoms with Crippen LogP contribution in [0.3, 0.4) is 0 Å². The molecule has 0 radical (unpaired) electrons. The zero-order valence-corrected chi connectivity index (χ0v) is 9.61. The van der Waals surface area contributed by atoms with Crippen LogP contribution in [-0.2, 0) is 0 Å². The van der Waals surface area contributed by atoms with Crippen molar-refractivity contribution in [3.8, 4) is 5.88 Å². The van der Waals surface area contributed by atoms with Crippen LogP contribution < -0.4 is 10.9 Å². The number of nitrogens with one attached hydrogen (secondary N) is 2. The normalized spacial score (nSPS) is 10.2. The van der Waals surface area contributed by atoms with Crippen molar-refractivity contribution in [1.29, 1.82) is 0 Å². The molecule has 1 heterocycles. The second-order valence-corrected chi connectivity index (χ2v) is 3.85. The molecule has 0 bridgehead atoms. The van der Waals surface area contributed by atoms with E-state index in [1.165, 1.54) is 5.56 Å². The molecule has 0 amide bonds. The van der Waals surface area contributed by atoms with Crippen molar-refractivity contribution in [2.45, 2.75) is 13.8 Å². The third-order valence-corrected chi connectivity index (χ3v) is 2.61. The van der Waals surface area contributed by atoms with Gasteiger partial charge in [0, 0.05) is 5.69 Å². The van der Waals surface area contributed by atoms with Gasteiger partial charge in [-0.1, -0.05) is 6.07 Å². The summed E-state index contributed by atoms with van der Waals surface area (Å²) in [5, 5.41) is 12.3. The van der Waals surface area contributed by atoms with Crippen molar-refractivity contribution >= 4 is 11.4 Å². The Morgan fingerprint density at radius 1 is 1.29 bits per heavy atom. The van der Waals surface area contributed by atoms with E-state index in [2.05, 4.69) is 15.3 Å². The topological polar surface area (TPSA) is 78.0 Å². The first-order valence-electron chi connectivity index (χ1n) is 5.19. The fourth-order valence-corrected chi connectivity index (χ4v) is 1.47. The molecule has 2 rings (SSSR count). The molecule has 1 aromatic carbocycles. The van der Waals surface area contributed by atoms with Crippen LogP contribution in [0.1, 0.15) is 11.1 Å². The van der Waals surface area contributed by atoms with Crippen molar-refractivity contribution in [2.75, 3.05) is 5.32 Å². The van der Waals surface area contributed by atoms with E-state index < -0.39 is 5.56 Å². The first kappa shape index (κ1) is 11.2. The Morgan fingerprint density at radius 2 is 2.06 bits per heavy atom. The van der Waals surface area contributed by atoms with Gasteiger partial charge in [0.2, 0.25) is 5.88 Å². The van der Waals surface area contributed by atoms with E-state index in [9.17, 15) is 9.90 Å². The van der Waals surface area contributed by atoms with Crippen molar-refractivity contribution < 1.29 is 5.11 Å². The van der Waals surface area contributed by atoms with Gasteiger partial charge in [0.15, 0.2) is 5.69 Å². The lowest BCUT2D eigenvalue weighted by Crippen LogP contribution is -2.11. The van der Waals surface area contributed by atoms with E-state index in [1.54, 1.807) is 0 Å². The van der Waals surface area contributed by atoms with Gasteiger partial charge in [0.05, 0.1) is 6.33 Å². The fourth-order valence-electron chi connectivity index (χ4n) is 1.47. The zero-order valence-electron chi connectivity index (χ0n) is 9.61. The van der Waals surface area contributed by atoms with Gasteiger partial charge in [0.25, 0.3) is 5.56 Å². The van der Waals surface area contributed by atoms with Gasteiger partial charge in [-0.05, 0) is 37.1 Å². The Balaban J connectivity index is 2.38. The van der Waals surface area contributed by atoms with E-state index in [-0.39, 0.29) is 11.6 Å². The Hall–Kier alpha value is -2.30. The summed E-state index contributed by atoms with van der Waals surface area (Å²) >= 11 is 0. The minimum Gasteiger partial charge on any atom is -0.492 e. The molecule has 0 aliphatic heterocycles. The Morgan fingerprint density at radius 3 is 2.71 bits per heavy atom. The summed E-state index contributed by atoms with van der Waals surface area (Å²) in [5.41, 5.74) is 2.66. The lowest BCUT2D eigenvalue weighted by molar-refractivity contribution is 0.454. The molecule has 1 aromatic heterocycles. The minimum atomic E-state index is -0.407. The summed E-state index contributed by atoms with van der Waals surface area (Å²) < 4.78 is 0. The van der Waals surface area contributed by atoms with E-state index in [0.717, 1.165) is 17.6 Å². The maximum atomic E-state index is 11.5. The molecule has 0 saturated heterocycles. The van der Waals surface area contributed by atoms with Gasteiger partial charge >= 0.3 is 0 Å². The van der Waals surface area contributed by atoms with Gasteiger partial charge in [-0.2, -0.15) is 0 Å². The number of aromatic amines is 1. The third kappa shape index (κ3) is 2.28. The molecule has 2 aromatic rings. The molecule has 5 heteroatoms. The van der Waals surface area contributed by atoms with Crippen molar-refractivity contribution in [3.05, 3.63) is 46.0 Å². The summed E-state index contributed by atoms with van der Waals surface area (Å²) in [6.45, 7) is 3.99. The SMILES string of the molecule is Cc1ccc(Nc2c(O)nc[nH]c2=O)cc1C. The molecule has 17 heavy (non-hydrogen) atoms. The summed E-state index contributed by atoms with van der Waals surface area (Å²) in [6, 6.07) is 5.69. The molecule has 5 nitrogen and oxygen atoms in total. The largest absolute Gasteiger partial charge is 0.492 e. The first-order valence-corrected chi connectivity index (χ1v) is 5.19. The maximum Gasteiger partial charge on any atom is 0.278 e. The predicted molar refractivity (Wildman–Crippen MR) is 65.7 cm³/mol. The monoisotopic (exact) mass is 231 g/mol. The lowest BCUT2D eigenvalue weighted by Gasteiger charge is -2.08. The summed E-state index contributed by atoms with van der Waals surface area (Å²) in [7, 11) is 0. The minimum absolute atomic E-state index is 0.0516. The Labute approximate surface area is 98.2 Å². The highest BCUT2D eigenvalue weighted by Gasteiger charge is 2.07. The number of hydrogen-bond donors (Lipinski definition) is 3. The number of anilines is 2. The number of nitrogens with zero attached hydrogens (tertiary/aromatic N) is 1. The van der Waals surface area contributed by atoms with Gasteiger partial charge in [-0.25, -0.2) is 4.98 Å². The summed E-state index contributed by atoms with van der Waals surface area (Å²) in [6.07, 6.45) is 1.16. The van der Waals surface area contributed by atoms with Crippen LogP contribution in [-0.4, -0.2) is 15.1 Å². The number of rotatable bonds is 2. The van der Waals surface area contributed by atoms with Crippen LogP contribution in [0.15, 0.2) is 29.3 Å². The Bertz CT molecular complexity index is 605. The van der Waals surface area contributed by atoms with E-state index in [4.69, 9.17) is 0 Å². The second kappa shape index (κ2) is 4.29. The van der Waals surface area contributed by atoms with E-state index in [0.29, 0.717) is 0 Å². The van der Waals surface area contributed by atoms with Crippen molar-refractivity contribution in [3.63, 3.8) is 0 Å². The highest BCUT2D eigenvalue weighted by atomic mass is 16.3.